The minimum absolute atomic E-state index is 0.282. The van der Waals surface area contributed by atoms with Gasteiger partial charge in [-0.25, -0.2) is 0 Å². The molecule has 0 atom stereocenters. The minimum atomic E-state index is -4.69. The molecule has 0 aliphatic heterocycles. The van der Waals surface area contributed by atoms with Crippen molar-refractivity contribution in [3.63, 3.8) is 0 Å². The van der Waals surface area contributed by atoms with Crippen molar-refractivity contribution in [2.45, 2.75) is 13.0 Å². The zero-order valence-corrected chi connectivity index (χ0v) is 10.4. The van der Waals surface area contributed by atoms with E-state index in [1.165, 1.54) is 24.3 Å². The molecule has 6 heteroatoms. The summed E-state index contributed by atoms with van der Waals surface area (Å²) in [6.07, 6.45) is -4.69. The van der Waals surface area contributed by atoms with Crippen LogP contribution in [-0.4, -0.2) is 6.36 Å². The Morgan fingerprint density at radius 1 is 0.950 bits per heavy atom. The van der Waals surface area contributed by atoms with Gasteiger partial charge in [0.1, 0.15) is 18.1 Å². The van der Waals surface area contributed by atoms with Crippen molar-refractivity contribution < 1.29 is 22.6 Å². The van der Waals surface area contributed by atoms with Crippen molar-refractivity contribution >= 4 is 5.69 Å². The average Bonchev–Trinajstić information content (AvgIpc) is 2.36. The maximum absolute atomic E-state index is 12.0. The van der Waals surface area contributed by atoms with Gasteiger partial charge in [0.25, 0.3) is 0 Å². The molecule has 2 rings (SSSR count). The van der Waals surface area contributed by atoms with Gasteiger partial charge in [0, 0.05) is 5.69 Å². The lowest BCUT2D eigenvalue weighted by Gasteiger charge is -2.10. The maximum Gasteiger partial charge on any atom is 0.573 e. The Hall–Kier alpha value is -2.37. The Bertz CT molecular complexity index is 567. The molecule has 2 N–H and O–H groups in total. The summed E-state index contributed by atoms with van der Waals surface area (Å²) >= 11 is 0. The van der Waals surface area contributed by atoms with Crippen molar-refractivity contribution in [2.75, 3.05) is 5.73 Å². The van der Waals surface area contributed by atoms with Gasteiger partial charge in [0.2, 0.25) is 0 Å². The molecule has 0 unspecified atom stereocenters. The molecule has 0 saturated heterocycles. The number of alkyl halides is 3. The second kappa shape index (κ2) is 5.73. The van der Waals surface area contributed by atoms with Crippen LogP contribution >= 0.6 is 0 Å². The third-order valence-corrected chi connectivity index (χ3v) is 2.41. The van der Waals surface area contributed by atoms with Crippen LogP contribution in [0.25, 0.3) is 0 Å². The van der Waals surface area contributed by atoms with Crippen LogP contribution in [-0.2, 0) is 6.61 Å². The van der Waals surface area contributed by atoms with Crippen LogP contribution in [0.15, 0.2) is 48.5 Å². The fourth-order valence-electron chi connectivity index (χ4n) is 1.59. The predicted octanol–water partition coefficient (Wildman–Crippen LogP) is 3.75. The third-order valence-electron chi connectivity index (χ3n) is 2.41. The Morgan fingerprint density at radius 3 is 2.20 bits per heavy atom. The average molecular weight is 283 g/mol. The van der Waals surface area contributed by atoms with Crippen LogP contribution in [0.3, 0.4) is 0 Å². The molecule has 0 bridgehead atoms. The molecule has 0 spiro atoms. The molecule has 106 valence electrons. The lowest BCUT2D eigenvalue weighted by atomic mass is 10.2. The SMILES string of the molecule is Nc1cccc(COc2ccc(OC(F)(F)F)cc2)c1. The molecule has 20 heavy (non-hydrogen) atoms. The van der Waals surface area contributed by atoms with Gasteiger partial charge in [-0.3, -0.25) is 0 Å². The summed E-state index contributed by atoms with van der Waals surface area (Å²) in [5.41, 5.74) is 7.13. The quantitative estimate of drug-likeness (QED) is 0.869. The number of benzene rings is 2. The fraction of sp³-hybridized carbons (Fsp3) is 0.143. The van der Waals surface area contributed by atoms with Gasteiger partial charge in [-0.15, -0.1) is 13.2 Å². The van der Waals surface area contributed by atoms with E-state index >= 15 is 0 Å². The Balaban J connectivity index is 1.94. The molecule has 0 heterocycles. The smallest absolute Gasteiger partial charge is 0.489 e. The van der Waals surface area contributed by atoms with Crippen LogP contribution < -0.4 is 15.2 Å². The van der Waals surface area contributed by atoms with Gasteiger partial charge >= 0.3 is 6.36 Å². The summed E-state index contributed by atoms with van der Waals surface area (Å²) in [5.74, 6) is 0.163. The summed E-state index contributed by atoms with van der Waals surface area (Å²) in [6, 6.07) is 12.4. The van der Waals surface area contributed by atoms with Crippen LogP contribution in [0.2, 0.25) is 0 Å². The highest BCUT2D eigenvalue weighted by Crippen LogP contribution is 2.25. The predicted molar refractivity (Wildman–Crippen MR) is 68.3 cm³/mol. The number of halogens is 3. The second-order valence-corrected chi connectivity index (χ2v) is 4.05. The number of hydrogen-bond donors (Lipinski definition) is 1. The summed E-state index contributed by atoms with van der Waals surface area (Å²) in [7, 11) is 0. The molecular weight excluding hydrogens is 271 g/mol. The first-order valence-electron chi connectivity index (χ1n) is 5.75. The molecule has 0 aliphatic carbocycles. The first-order valence-corrected chi connectivity index (χ1v) is 5.75. The lowest BCUT2D eigenvalue weighted by Crippen LogP contribution is -2.16. The lowest BCUT2D eigenvalue weighted by molar-refractivity contribution is -0.274. The topological polar surface area (TPSA) is 44.5 Å². The maximum atomic E-state index is 12.0. The van der Waals surface area contributed by atoms with Gasteiger partial charge in [-0.2, -0.15) is 0 Å². The van der Waals surface area contributed by atoms with E-state index in [4.69, 9.17) is 10.5 Å². The number of anilines is 1. The first kappa shape index (κ1) is 14.0. The van der Waals surface area contributed by atoms with Crippen LogP contribution in [0.1, 0.15) is 5.56 Å². The van der Waals surface area contributed by atoms with E-state index in [9.17, 15) is 13.2 Å². The Morgan fingerprint density at radius 2 is 1.60 bits per heavy atom. The van der Waals surface area contributed by atoms with Gasteiger partial charge in [-0.1, -0.05) is 12.1 Å². The van der Waals surface area contributed by atoms with Gasteiger partial charge in [0.15, 0.2) is 0 Å². The Kier molecular flexibility index (Phi) is 4.02. The minimum Gasteiger partial charge on any atom is -0.489 e. The number of nitrogen functional groups attached to an aromatic ring is 1. The molecule has 2 aromatic carbocycles. The van der Waals surface area contributed by atoms with Gasteiger partial charge in [0.05, 0.1) is 0 Å². The zero-order chi connectivity index (χ0) is 14.6. The highest BCUT2D eigenvalue weighted by molar-refractivity contribution is 5.40. The van der Waals surface area contributed by atoms with Crippen LogP contribution in [0, 0.1) is 0 Å². The van der Waals surface area contributed by atoms with Crippen molar-refractivity contribution in [2.24, 2.45) is 0 Å². The van der Waals surface area contributed by atoms with Crippen molar-refractivity contribution in [1.82, 2.24) is 0 Å². The highest BCUT2D eigenvalue weighted by Gasteiger charge is 2.30. The molecule has 0 amide bonds. The molecule has 3 nitrogen and oxygen atoms in total. The van der Waals surface area contributed by atoms with Crippen LogP contribution in [0.5, 0.6) is 11.5 Å². The number of hydrogen-bond acceptors (Lipinski definition) is 3. The van der Waals surface area contributed by atoms with E-state index in [1.54, 1.807) is 18.2 Å². The van der Waals surface area contributed by atoms with E-state index in [-0.39, 0.29) is 12.4 Å². The van der Waals surface area contributed by atoms with E-state index in [1.807, 2.05) is 6.07 Å². The second-order valence-electron chi connectivity index (χ2n) is 4.05. The standard InChI is InChI=1S/C14H12F3NO2/c15-14(16,17)20-13-6-4-12(5-7-13)19-9-10-2-1-3-11(18)8-10/h1-8H,9,18H2. The van der Waals surface area contributed by atoms with E-state index in [0.717, 1.165) is 5.56 Å². The van der Waals surface area contributed by atoms with E-state index in [2.05, 4.69) is 4.74 Å². The van der Waals surface area contributed by atoms with Gasteiger partial charge < -0.3 is 15.2 Å². The summed E-state index contributed by atoms with van der Waals surface area (Å²) in [5, 5.41) is 0. The summed E-state index contributed by atoms with van der Waals surface area (Å²) in [6.45, 7) is 0.282. The van der Waals surface area contributed by atoms with E-state index < -0.39 is 6.36 Å². The summed E-state index contributed by atoms with van der Waals surface area (Å²) in [4.78, 5) is 0. The highest BCUT2D eigenvalue weighted by atomic mass is 19.4. The van der Waals surface area contributed by atoms with Crippen molar-refractivity contribution in [3.8, 4) is 11.5 Å². The Labute approximate surface area is 113 Å². The molecule has 0 radical (unpaired) electrons. The molecule has 0 fully saturated rings. The van der Waals surface area contributed by atoms with Crippen LogP contribution in [0.4, 0.5) is 18.9 Å². The first-order chi connectivity index (χ1) is 9.42. The zero-order valence-electron chi connectivity index (χ0n) is 10.4. The number of nitrogens with two attached hydrogens (primary N) is 1. The number of rotatable bonds is 4. The third kappa shape index (κ3) is 4.38. The van der Waals surface area contributed by atoms with Crippen molar-refractivity contribution in [3.05, 3.63) is 54.1 Å². The molecular formula is C14H12F3NO2. The normalized spacial score (nSPS) is 11.2. The molecule has 0 saturated carbocycles. The summed E-state index contributed by atoms with van der Waals surface area (Å²) < 4.78 is 45.2. The molecule has 0 aromatic heterocycles. The monoisotopic (exact) mass is 283 g/mol. The number of ether oxygens (including phenoxy) is 2. The molecule has 0 aliphatic rings. The largest absolute Gasteiger partial charge is 0.573 e. The van der Waals surface area contributed by atoms with Gasteiger partial charge in [-0.05, 0) is 42.0 Å². The van der Waals surface area contributed by atoms with Crippen molar-refractivity contribution in [1.29, 1.82) is 0 Å². The van der Waals surface area contributed by atoms with E-state index in [0.29, 0.717) is 11.4 Å². The molecule has 2 aromatic rings. The fourth-order valence-corrected chi connectivity index (χ4v) is 1.59.